The summed E-state index contributed by atoms with van der Waals surface area (Å²) in [4.78, 5) is 14.1. The van der Waals surface area contributed by atoms with Crippen LogP contribution >= 0.6 is 11.3 Å². The van der Waals surface area contributed by atoms with Crippen molar-refractivity contribution in [2.45, 2.75) is 11.9 Å². The van der Waals surface area contributed by atoms with Crippen molar-refractivity contribution < 1.29 is 8.42 Å². The predicted octanol–water partition coefficient (Wildman–Crippen LogP) is 2.21. The number of fused-ring (bicyclic) bond motifs is 1. The number of aryl methyl sites for hydroxylation is 1. The molecular weight excluding hydrogens is 372 g/mol. The summed E-state index contributed by atoms with van der Waals surface area (Å²) in [5, 5.41) is 4.95. The Hall–Kier alpha value is -2.85. The number of thiazole rings is 1. The molecule has 0 atom stereocenters. The standard InChI is InChI=1S/C16H14N6O2S2/c1-9-6-19-16(25-9)12-4-3-10(7-18-12)11-8-20-22-13(17)5-14(21-15(11)22)26(2,23)24/h3-8H,17H2,1-2H3. The van der Waals surface area contributed by atoms with Gasteiger partial charge in [0.05, 0.1) is 11.9 Å². The van der Waals surface area contributed by atoms with E-state index in [1.54, 1.807) is 29.9 Å². The predicted molar refractivity (Wildman–Crippen MR) is 99.6 cm³/mol. The highest BCUT2D eigenvalue weighted by atomic mass is 32.2. The van der Waals surface area contributed by atoms with Gasteiger partial charge in [-0.15, -0.1) is 11.3 Å². The largest absolute Gasteiger partial charge is 0.383 e. The van der Waals surface area contributed by atoms with Gasteiger partial charge in [0.2, 0.25) is 0 Å². The quantitative estimate of drug-likeness (QED) is 0.537. The van der Waals surface area contributed by atoms with Gasteiger partial charge in [0.15, 0.2) is 20.5 Å². The number of aromatic nitrogens is 5. The maximum atomic E-state index is 11.8. The number of anilines is 1. The number of hydrogen-bond acceptors (Lipinski definition) is 8. The van der Waals surface area contributed by atoms with Gasteiger partial charge in [-0.2, -0.15) is 9.61 Å². The lowest BCUT2D eigenvalue weighted by molar-refractivity contribution is 0.598. The van der Waals surface area contributed by atoms with Crippen LogP contribution in [0.2, 0.25) is 0 Å². The van der Waals surface area contributed by atoms with E-state index in [9.17, 15) is 8.42 Å². The summed E-state index contributed by atoms with van der Waals surface area (Å²) >= 11 is 1.57. The molecular formula is C16H14N6O2S2. The van der Waals surface area contributed by atoms with Gasteiger partial charge in [-0.3, -0.25) is 4.98 Å². The third-order valence-electron chi connectivity index (χ3n) is 3.77. The summed E-state index contributed by atoms with van der Waals surface area (Å²) in [6, 6.07) is 5.03. The molecule has 0 unspecified atom stereocenters. The molecule has 0 aliphatic carbocycles. The van der Waals surface area contributed by atoms with Crippen LogP contribution in [0.3, 0.4) is 0 Å². The second-order valence-corrected chi connectivity index (χ2v) is 8.99. The summed E-state index contributed by atoms with van der Waals surface area (Å²) in [5.74, 6) is 0.199. The number of sulfone groups is 1. The average molecular weight is 386 g/mol. The van der Waals surface area contributed by atoms with Crippen LogP contribution < -0.4 is 5.73 Å². The van der Waals surface area contributed by atoms with Crippen molar-refractivity contribution in [3.63, 3.8) is 0 Å². The topological polar surface area (TPSA) is 116 Å². The van der Waals surface area contributed by atoms with E-state index in [0.717, 1.165) is 27.4 Å². The molecule has 4 aromatic rings. The van der Waals surface area contributed by atoms with Crippen LogP contribution in [0.5, 0.6) is 0 Å². The molecule has 4 aromatic heterocycles. The van der Waals surface area contributed by atoms with Crippen LogP contribution in [0, 0.1) is 6.92 Å². The molecule has 4 rings (SSSR count). The molecule has 0 amide bonds. The van der Waals surface area contributed by atoms with E-state index in [2.05, 4.69) is 20.1 Å². The van der Waals surface area contributed by atoms with E-state index in [-0.39, 0.29) is 10.8 Å². The van der Waals surface area contributed by atoms with E-state index in [1.807, 2.05) is 19.1 Å². The Bertz CT molecular complexity index is 1230. The summed E-state index contributed by atoms with van der Waals surface area (Å²) in [7, 11) is -3.49. The third-order valence-corrected chi connectivity index (χ3v) is 5.67. The first-order chi connectivity index (χ1) is 12.3. The molecule has 10 heteroatoms. The second-order valence-electron chi connectivity index (χ2n) is 5.79. The number of nitrogens with zero attached hydrogens (tertiary/aromatic N) is 5. The first kappa shape index (κ1) is 16.6. The molecule has 0 aliphatic heterocycles. The molecule has 0 radical (unpaired) electrons. The van der Waals surface area contributed by atoms with Crippen molar-refractivity contribution in [2.75, 3.05) is 12.0 Å². The summed E-state index contributed by atoms with van der Waals surface area (Å²) in [6.45, 7) is 1.99. The van der Waals surface area contributed by atoms with Gasteiger partial charge in [0, 0.05) is 40.7 Å². The highest BCUT2D eigenvalue weighted by Crippen LogP contribution is 2.28. The highest BCUT2D eigenvalue weighted by molar-refractivity contribution is 7.90. The second kappa shape index (κ2) is 5.85. The van der Waals surface area contributed by atoms with Gasteiger partial charge in [-0.05, 0) is 13.0 Å². The molecule has 26 heavy (non-hydrogen) atoms. The van der Waals surface area contributed by atoms with Crippen molar-refractivity contribution in [1.29, 1.82) is 0 Å². The molecule has 0 aliphatic rings. The summed E-state index contributed by atoms with van der Waals surface area (Å²) in [6.07, 6.45) is 6.18. The van der Waals surface area contributed by atoms with Gasteiger partial charge in [-0.1, -0.05) is 6.07 Å². The average Bonchev–Trinajstić information content (AvgIpc) is 3.21. The maximum absolute atomic E-state index is 11.8. The Kier molecular flexibility index (Phi) is 3.74. The summed E-state index contributed by atoms with van der Waals surface area (Å²) in [5.41, 5.74) is 8.47. The Morgan fingerprint density at radius 2 is 1.96 bits per heavy atom. The normalized spacial score (nSPS) is 11.9. The summed E-state index contributed by atoms with van der Waals surface area (Å²) < 4.78 is 25.1. The molecule has 0 spiro atoms. The fraction of sp³-hybridized carbons (Fsp3) is 0.125. The van der Waals surface area contributed by atoms with Crippen molar-refractivity contribution in [3.05, 3.63) is 41.7 Å². The Balaban J connectivity index is 1.83. The van der Waals surface area contributed by atoms with Gasteiger partial charge in [0.25, 0.3) is 0 Å². The van der Waals surface area contributed by atoms with E-state index in [4.69, 9.17) is 5.73 Å². The van der Waals surface area contributed by atoms with Crippen molar-refractivity contribution >= 4 is 32.6 Å². The lowest BCUT2D eigenvalue weighted by Gasteiger charge is -2.04. The zero-order chi connectivity index (χ0) is 18.5. The number of nitrogen functional groups attached to an aromatic ring is 1. The van der Waals surface area contributed by atoms with Crippen LogP contribution in [0.4, 0.5) is 5.82 Å². The maximum Gasteiger partial charge on any atom is 0.192 e. The lowest BCUT2D eigenvalue weighted by atomic mass is 10.1. The van der Waals surface area contributed by atoms with Crippen LogP contribution in [-0.4, -0.2) is 39.2 Å². The SMILES string of the molecule is Cc1cnc(-c2ccc(-c3cnn4c(N)cc(S(C)(=O)=O)nc34)cn2)s1. The first-order valence-electron chi connectivity index (χ1n) is 7.56. The molecule has 2 N–H and O–H groups in total. The number of hydrogen-bond donors (Lipinski definition) is 1. The zero-order valence-corrected chi connectivity index (χ0v) is 15.5. The van der Waals surface area contributed by atoms with Crippen LogP contribution in [0.1, 0.15) is 4.88 Å². The van der Waals surface area contributed by atoms with Crippen LogP contribution in [0.15, 0.2) is 41.8 Å². The monoisotopic (exact) mass is 386 g/mol. The molecule has 4 heterocycles. The molecule has 132 valence electrons. The Morgan fingerprint density at radius 3 is 2.58 bits per heavy atom. The van der Waals surface area contributed by atoms with E-state index >= 15 is 0 Å². The van der Waals surface area contributed by atoms with Gasteiger partial charge >= 0.3 is 0 Å². The van der Waals surface area contributed by atoms with E-state index in [1.165, 1.54) is 10.6 Å². The molecule has 0 saturated heterocycles. The van der Waals surface area contributed by atoms with E-state index < -0.39 is 9.84 Å². The number of nitrogens with two attached hydrogens (primary N) is 1. The molecule has 0 aromatic carbocycles. The lowest BCUT2D eigenvalue weighted by Crippen LogP contribution is -2.07. The minimum atomic E-state index is -3.49. The van der Waals surface area contributed by atoms with Gasteiger partial charge in [-0.25, -0.2) is 18.4 Å². The van der Waals surface area contributed by atoms with Crippen molar-refractivity contribution in [2.24, 2.45) is 0 Å². The first-order valence-corrected chi connectivity index (χ1v) is 10.3. The zero-order valence-electron chi connectivity index (χ0n) is 13.9. The number of pyridine rings is 1. The van der Waals surface area contributed by atoms with Crippen LogP contribution in [-0.2, 0) is 9.84 Å². The Morgan fingerprint density at radius 1 is 1.15 bits per heavy atom. The van der Waals surface area contributed by atoms with E-state index in [0.29, 0.717) is 11.2 Å². The third kappa shape index (κ3) is 2.82. The minimum Gasteiger partial charge on any atom is -0.383 e. The Labute approximate surface area is 153 Å². The van der Waals surface area contributed by atoms with Crippen molar-refractivity contribution in [3.8, 4) is 21.8 Å². The molecule has 0 saturated carbocycles. The van der Waals surface area contributed by atoms with Crippen LogP contribution in [0.25, 0.3) is 27.5 Å². The van der Waals surface area contributed by atoms with Crippen molar-refractivity contribution in [1.82, 2.24) is 24.6 Å². The molecule has 8 nitrogen and oxygen atoms in total. The fourth-order valence-corrected chi connectivity index (χ4v) is 3.84. The minimum absolute atomic E-state index is 0.0907. The molecule has 0 fully saturated rings. The molecule has 0 bridgehead atoms. The highest BCUT2D eigenvalue weighted by Gasteiger charge is 2.17. The number of rotatable bonds is 3. The van der Waals surface area contributed by atoms with Gasteiger partial charge in [0.1, 0.15) is 10.8 Å². The fourth-order valence-electron chi connectivity index (χ4n) is 2.51. The smallest absolute Gasteiger partial charge is 0.192 e. The van der Waals surface area contributed by atoms with Gasteiger partial charge < -0.3 is 5.73 Å².